The number of nitrogens with zero attached hydrogens (tertiary/aromatic N) is 4. The number of pyridine rings is 1. The van der Waals surface area contributed by atoms with Gasteiger partial charge in [-0.1, -0.05) is 23.7 Å². The van der Waals surface area contributed by atoms with Crippen LogP contribution in [0.25, 0.3) is 11.4 Å². The molecule has 0 radical (unpaired) electrons. The highest BCUT2D eigenvalue weighted by Gasteiger charge is 2.45. The number of benzene rings is 1. The zero-order chi connectivity index (χ0) is 21.4. The number of hydrogen-bond acceptors (Lipinski definition) is 5. The molecule has 0 unspecified atom stereocenters. The number of aromatic nitrogens is 3. The molecule has 31 heavy (non-hydrogen) atoms. The molecule has 0 spiro atoms. The molecule has 3 aromatic rings. The van der Waals surface area contributed by atoms with Crippen LogP contribution in [0.4, 0.5) is 4.39 Å². The van der Waals surface area contributed by atoms with Gasteiger partial charge in [-0.3, -0.25) is 4.79 Å². The number of carbonyl (C=O) groups is 1. The maximum absolute atomic E-state index is 14.9. The normalized spacial score (nSPS) is 22.4. The quantitative estimate of drug-likeness (QED) is 0.603. The number of halogens is 2. The second kappa shape index (κ2) is 8.23. The first kappa shape index (κ1) is 19.9. The van der Waals surface area contributed by atoms with Gasteiger partial charge in [0.05, 0.1) is 16.6 Å². The lowest BCUT2D eigenvalue weighted by atomic mass is 9.77. The van der Waals surface area contributed by atoms with Crippen LogP contribution < -0.4 is 4.74 Å². The molecule has 4 heterocycles. The molecule has 1 saturated carbocycles. The first-order chi connectivity index (χ1) is 15.1. The second-order valence-electron chi connectivity index (χ2n) is 7.91. The van der Waals surface area contributed by atoms with Gasteiger partial charge in [-0.05, 0) is 43.4 Å². The van der Waals surface area contributed by atoms with Gasteiger partial charge in [0.25, 0.3) is 5.91 Å². The molecule has 2 saturated heterocycles. The fourth-order valence-electron chi connectivity index (χ4n) is 4.59. The van der Waals surface area contributed by atoms with E-state index in [2.05, 4.69) is 15.0 Å². The van der Waals surface area contributed by atoms with Crippen LogP contribution in [-0.4, -0.2) is 44.4 Å². The summed E-state index contributed by atoms with van der Waals surface area (Å²) in [6.45, 7) is 0.584. The van der Waals surface area contributed by atoms with Crippen molar-refractivity contribution in [3.05, 3.63) is 71.4 Å². The topological polar surface area (TPSA) is 68.2 Å². The van der Waals surface area contributed by atoms with E-state index in [-0.39, 0.29) is 23.6 Å². The Labute approximate surface area is 184 Å². The summed E-state index contributed by atoms with van der Waals surface area (Å²) in [7, 11) is 0. The van der Waals surface area contributed by atoms with E-state index in [4.69, 9.17) is 16.3 Å². The predicted octanol–water partition coefficient (Wildman–Crippen LogP) is 4.40. The molecule has 2 aliphatic heterocycles. The maximum atomic E-state index is 14.9. The smallest absolute Gasteiger partial charge is 0.257 e. The number of carbonyl (C=O) groups excluding carboxylic acids is 1. The highest BCUT2D eigenvalue weighted by atomic mass is 35.5. The Morgan fingerprint density at radius 1 is 1.10 bits per heavy atom. The monoisotopic (exact) mass is 438 g/mol. The molecule has 2 bridgehead atoms. The number of hydrogen-bond donors (Lipinski definition) is 0. The molecule has 3 aliphatic rings. The lowest BCUT2D eigenvalue weighted by molar-refractivity contribution is -0.0315. The van der Waals surface area contributed by atoms with E-state index in [0.29, 0.717) is 34.8 Å². The first-order valence-corrected chi connectivity index (χ1v) is 10.6. The summed E-state index contributed by atoms with van der Waals surface area (Å²) in [4.78, 5) is 28.0. The van der Waals surface area contributed by atoms with Gasteiger partial charge in [0.2, 0.25) is 5.88 Å². The molecule has 1 aromatic carbocycles. The van der Waals surface area contributed by atoms with Crippen molar-refractivity contribution >= 4 is 17.5 Å². The van der Waals surface area contributed by atoms with Crippen molar-refractivity contribution in [3.8, 4) is 17.3 Å². The molecular weight excluding hydrogens is 419 g/mol. The van der Waals surface area contributed by atoms with E-state index in [0.717, 1.165) is 19.3 Å². The minimum atomic E-state index is -0.576. The minimum absolute atomic E-state index is 0.00428. The Bertz CT molecular complexity index is 1100. The Morgan fingerprint density at radius 2 is 1.94 bits per heavy atom. The Hall–Kier alpha value is -3.06. The van der Waals surface area contributed by atoms with Crippen molar-refractivity contribution < 1.29 is 13.9 Å². The van der Waals surface area contributed by atoms with Crippen LogP contribution in [0, 0.1) is 11.7 Å². The molecule has 0 N–H and O–H groups in total. The average Bonchev–Trinajstić information content (AvgIpc) is 2.81. The van der Waals surface area contributed by atoms with Crippen LogP contribution >= 0.6 is 11.6 Å². The third kappa shape index (κ3) is 3.85. The molecule has 1 amide bonds. The number of fused-ring (bicyclic) bond motifs is 3. The summed E-state index contributed by atoms with van der Waals surface area (Å²) in [5, 5.41) is 0.532. The molecule has 6 nitrogen and oxygen atoms in total. The molecular formula is C23H20ClFN4O2. The van der Waals surface area contributed by atoms with Crippen LogP contribution in [0.1, 0.15) is 29.6 Å². The number of amides is 1. The van der Waals surface area contributed by atoms with Gasteiger partial charge < -0.3 is 9.64 Å². The van der Waals surface area contributed by atoms with Gasteiger partial charge in [0, 0.05) is 36.8 Å². The van der Waals surface area contributed by atoms with Gasteiger partial charge in [-0.25, -0.2) is 19.3 Å². The summed E-state index contributed by atoms with van der Waals surface area (Å²) in [6.07, 6.45) is 7.15. The van der Waals surface area contributed by atoms with Gasteiger partial charge in [0.15, 0.2) is 5.82 Å². The predicted molar refractivity (Wildman–Crippen MR) is 113 cm³/mol. The number of rotatable bonds is 4. The minimum Gasteiger partial charge on any atom is -0.472 e. The molecule has 8 heteroatoms. The Morgan fingerprint density at radius 3 is 2.68 bits per heavy atom. The molecule has 3 fully saturated rings. The van der Waals surface area contributed by atoms with Crippen LogP contribution in [0.3, 0.4) is 0 Å². The number of ether oxygens (including phenoxy) is 1. The van der Waals surface area contributed by atoms with Gasteiger partial charge in [-0.15, -0.1) is 0 Å². The zero-order valence-corrected chi connectivity index (χ0v) is 17.4. The van der Waals surface area contributed by atoms with Crippen LogP contribution in [0.15, 0.2) is 55.0 Å². The fraction of sp³-hybridized carbons (Fsp3) is 0.304. The summed E-state index contributed by atoms with van der Waals surface area (Å²) in [5.74, 6) is 0.166. The lowest BCUT2D eigenvalue weighted by Gasteiger charge is -2.49. The number of piperidine rings is 2. The Balaban J connectivity index is 1.45. The van der Waals surface area contributed by atoms with Gasteiger partial charge in [-0.2, -0.15) is 0 Å². The van der Waals surface area contributed by atoms with Crippen LogP contribution in [-0.2, 0) is 0 Å². The summed E-state index contributed by atoms with van der Waals surface area (Å²) in [6, 6.07) is 9.52. The zero-order valence-electron chi connectivity index (χ0n) is 16.6. The van der Waals surface area contributed by atoms with E-state index in [1.54, 1.807) is 47.6 Å². The third-order valence-electron chi connectivity index (χ3n) is 5.99. The van der Waals surface area contributed by atoms with Crippen molar-refractivity contribution in [2.45, 2.75) is 31.4 Å². The van der Waals surface area contributed by atoms with E-state index in [1.165, 1.54) is 12.3 Å². The largest absolute Gasteiger partial charge is 0.472 e. The molecule has 2 aromatic heterocycles. The van der Waals surface area contributed by atoms with E-state index in [9.17, 15) is 9.18 Å². The molecule has 6 rings (SSSR count). The summed E-state index contributed by atoms with van der Waals surface area (Å²) in [5.41, 5.74) is 0.397. The van der Waals surface area contributed by atoms with Crippen molar-refractivity contribution in [2.24, 2.45) is 5.92 Å². The second-order valence-corrected chi connectivity index (χ2v) is 8.35. The van der Waals surface area contributed by atoms with Crippen molar-refractivity contribution in [3.63, 3.8) is 0 Å². The highest BCUT2D eigenvalue weighted by molar-refractivity contribution is 6.30. The maximum Gasteiger partial charge on any atom is 0.257 e. The van der Waals surface area contributed by atoms with Crippen molar-refractivity contribution in [1.82, 2.24) is 19.9 Å². The van der Waals surface area contributed by atoms with Crippen molar-refractivity contribution in [1.29, 1.82) is 0 Å². The molecule has 158 valence electrons. The van der Waals surface area contributed by atoms with Crippen LogP contribution in [0.5, 0.6) is 5.88 Å². The van der Waals surface area contributed by atoms with Crippen LogP contribution in [0.2, 0.25) is 5.02 Å². The molecule has 1 aliphatic carbocycles. The average molecular weight is 439 g/mol. The summed E-state index contributed by atoms with van der Waals surface area (Å²) >= 11 is 5.91. The standard InChI is InChI=1S/C23H20ClFN4O2/c24-15-6-8-20(28-12-15)31-19-11-14-5-7-18(19)29(13-14)23(30)21-16(3-1-4-17(21)25)22-26-9-2-10-27-22/h1-4,6,8-10,12,14,18-19H,5,7,11,13H2/t14-,18+,19-/m1/s1. The van der Waals surface area contributed by atoms with E-state index >= 15 is 0 Å². The molecule has 3 atom stereocenters. The summed E-state index contributed by atoms with van der Waals surface area (Å²) < 4.78 is 21.0. The SMILES string of the molecule is O=C(c1c(F)cccc1-c1ncccn1)N1C[C@@H]2CC[C@H]1[C@H](Oc1ccc(Cl)cn1)C2. The van der Waals surface area contributed by atoms with Crippen molar-refractivity contribution in [2.75, 3.05) is 6.54 Å². The first-order valence-electron chi connectivity index (χ1n) is 10.2. The highest BCUT2D eigenvalue weighted by Crippen LogP contribution is 2.39. The third-order valence-corrected chi connectivity index (χ3v) is 6.21. The Kier molecular flexibility index (Phi) is 5.28. The fourth-order valence-corrected chi connectivity index (χ4v) is 4.70. The van der Waals surface area contributed by atoms with Gasteiger partial charge in [0.1, 0.15) is 11.9 Å². The van der Waals surface area contributed by atoms with E-state index in [1.807, 2.05) is 0 Å². The van der Waals surface area contributed by atoms with Gasteiger partial charge >= 0.3 is 0 Å². The lowest BCUT2D eigenvalue weighted by Crippen LogP contribution is -2.59. The van der Waals surface area contributed by atoms with E-state index < -0.39 is 5.82 Å².